The maximum atomic E-state index is 10.0. The zero-order valence-corrected chi connectivity index (χ0v) is 25.8. The fraction of sp³-hybridized carbons (Fsp3) is 0.143. The lowest BCUT2D eigenvalue weighted by Gasteiger charge is -2.23. The standard InChI is InChI=1S/C42H34O4/c1-25(23-43)45-39-21-19-35-33-13-11-27-7-3-5-9-29(27)31(33)15-17-37(35)41(39)42-38-18-16-32-30-10-6-4-8-28(30)12-14-34(32)36(38)20-22-40(42)46-26(2)24-44/h3-22,25-26,43-44H,23-24H2,1-2H3. The van der Waals surface area contributed by atoms with Gasteiger partial charge in [-0.15, -0.1) is 0 Å². The average Bonchev–Trinajstić information content (AvgIpc) is 3.10. The van der Waals surface area contributed by atoms with E-state index in [0.29, 0.717) is 11.5 Å². The maximum Gasteiger partial charge on any atom is 0.128 e. The lowest BCUT2D eigenvalue weighted by atomic mass is 9.88. The summed E-state index contributed by atoms with van der Waals surface area (Å²) in [6, 6.07) is 42.8. The normalized spacial score (nSPS) is 13.2. The summed E-state index contributed by atoms with van der Waals surface area (Å²) in [6.07, 6.45) is -0.827. The predicted molar refractivity (Wildman–Crippen MR) is 191 cm³/mol. The number of fused-ring (bicyclic) bond motifs is 10. The second kappa shape index (κ2) is 11.3. The van der Waals surface area contributed by atoms with E-state index in [9.17, 15) is 10.2 Å². The molecule has 0 spiro atoms. The molecule has 0 fully saturated rings. The van der Waals surface area contributed by atoms with Gasteiger partial charge in [-0.05, 0) is 90.6 Å². The molecule has 46 heavy (non-hydrogen) atoms. The number of hydrogen-bond donors (Lipinski definition) is 2. The second-order valence-electron chi connectivity index (χ2n) is 12.2. The Kier molecular flexibility index (Phi) is 6.97. The Morgan fingerprint density at radius 1 is 0.391 bits per heavy atom. The third-order valence-corrected chi connectivity index (χ3v) is 9.19. The van der Waals surface area contributed by atoms with Gasteiger partial charge in [0.2, 0.25) is 0 Å². The first-order valence-corrected chi connectivity index (χ1v) is 15.9. The van der Waals surface area contributed by atoms with Crippen LogP contribution in [0.3, 0.4) is 0 Å². The highest BCUT2D eigenvalue weighted by Gasteiger charge is 2.23. The summed E-state index contributed by atoms with van der Waals surface area (Å²) in [5.74, 6) is 1.34. The van der Waals surface area contributed by atoms with Crippen LogP contribution in [-0.2, 0) is 0 Å². The van der Waals surface area contributed by atoms with Gasteiger partial charge in [0.05, 0.1) is 13.2 Å². The van der Waals surface area contributed by atoms with Gasteiger partial charge in [-0.3, -0.25) is 0 Å². The fourth-order valence-corrected chi connectivity index (χ4v) is 6.99. The zero-order chi connectivity index (χ0) is 31.4. The quantitative estimate of drug-likeness (QED) is 0.178. The molecule has 0 bridgehead atoms. The van der Waals surface area contributed by atoms with Crippen LogP contribution in [0.15, 0.2) is 121 Å². The van der Waals surface area contributed by atoms with E-state index in [4.69, 9.17) is 9.47 Å². The van der Waals surface area contributed by atoms with Crippen LogP contribution >= 0.6 is 0 Å². The highest BCUT2D eigenvalue weighted by molar-refractivity contribution is 6.24. The van der Waals surface area contributed by atoms with Crippen LogP contribution in [0.2, 0.25) is 0 Å². The van der Waals surface area contributed by atoms with Gasteiger partial charge in [-0.1, -0.05) is 109 Å². The lowest BCUT2D eigenvalue weighted by Crippen LogP contribution is -2.18. The van der Waals surface area contributed by atoms with E-state index >= 15 is 0 Å². The Labute approximate surface area is 267 Å². The maximum absolute atomic E-state index is 10.0. The summed E-state index contributed by atoms with van der Waals surface area (Å²) >= 11 is 0. The molecule has 0 aromatic heterocycles. The van der Waals surface area contributed by atoms with Gasteiger partial charge in [-0.25, -0.2) is 0 Å². The van der Waals surface area contributed by atoms with Gasteiger partial charge < -0.3 is 19.7 Å². The summed E-state index contributed by atoms with van der Waals surface area (Å²) in [5, 5.41) is 33.8. The summed E-state index contributed by atoms with van der Waals surface area (Å²) in [6.45, 7) is 3.51. The Hall–Kier alpha value is -5.16. The van der Waals surface area contributed by atoms with Crippen molar-refractivity contribution in [3.63, 3.8) is 0 Å². The molecule has 0 aliphatic rings. The van der Waals surface area contributed by atoms with Crippen LogP contribution in [0.4, 0.5) is 0 Å². The van der Waals surface area contributed by atoms with Crippen molar-refractivity contribution >= 4 is 64.6 Å². The Morgan fingerprint density at radius 2 is 0.717 bits per heavy atom. The highest BCUT2D eigenvalue weighted by Crippen LogP contribution is 2.49. The van der Waals surface area contributed by atoms with Gasteiger partial charge in [0.15, 0.2) is 0 Å². The molecule has 2 N–H and O–H groups in total. The van der Waals surface area contributed by atoms with Crippen molar-refractivity contribution in [1.29, 1.82) is 0 Å². The first kappa shape index (κ1) is 28.3. The lowest BCUT2D eigenvalue weighted by molar-refractivity contribution is 0.128. The van der Waals surface area contributed by atoms with Crippen molar-refractivity contribution < 1.29 is 19.7 Å². The SMILES string of the molecule is CC(CO)Oc1ccc2c(ccc3c4ccccc4ccc23)c1-c1c(OC(C)CO)ccc2c1ccc1c3ccccc3ccc21. The molecular weight excluding hydrogens is 568 g/mol. The van der Waals surface area contributed by atoms with Crippen LogP contribution in [0.5, 0.6) is 11.5 Å². The van der Waals surface area contributed by atoms with Crippen molar-refractivity contribution in [2.24, 2.45) is 0 Å². The van der Waals surface area contributed by atoms with Gasteiger partial charge in [-0.2, -0.15) is 0 Å². The minimum Gasteiger partial charge on any atom is -0.488 e. The molecule has 0 aliphatic carbocycles. The molecule has 2 unspecified atom stereocenters. The molecule has 8 aromatic rings. The minimum absolute atomic E-state index is 0.112. The summed E-state index contributed by atoms with van der Waals surface area (Å²) < 4.78 is 12.9. The molecular formula is C42H34O4. The number of rotatable bonds is 7. The summed E-state index contributed by atoms with van der Waals surface area (Å²) in [4.78, 5) is 0. The smallest absolute Gasteiger partial charge is 0.128 e. The van der Waals surface area contributed by atoms with Crippen molar-refractivity contribution in [2.45, 2.75) is 26.1 Å². The second-order valence-corrected chi connectivity index (χ2v) is 12.2. The van der Waals surface area contributed by atoms with Gasteiger partial charge in [0.1, 0.15) is 23.7 Å². The zero-order valence-electron chi connectivity index (χ0n) is 25.8. The van der Waals surface area contributed by atoms with Crippen LogP contribution in [0, 0.1) is 0 Å². The Morgan fingerprint density at radius 3 is 1.15 bits per heavy atom. The van der Waals surface area contributed by atoms with Crippen LogP contribution < -0.4 is 9.47 Å². The van der Waals surface area contributed by atoms with Crippen LogP contribution in [0.1, 0.15) is 13.8 Å². The van der Waals surface area contributed by atoms with E-state index in [2.05, 4.69) is 109 Å². The highest BCUT2D eigenvalue weighted by atomic mass is 16.5. The molecule has 0 saturated heterocycles. The van der Waals surface area contributed by atoms with E-state index in [1.807, 2.05) is 26.0 Å². The summed E-state index contributed by atoms with van der Waals surface area (Å²) in [7, 11) is 0. The molecule has 8 aromatic carbocycles. The topological polar surface area (TPSA) is 58.9 Å². The molecule has 8 rings (SSSR count). The summed E-state index contributed by atoms with van der Waals surface area (Å²) in [5.41, 5.74) is 1.80. The third kappa shape index (κ3) is 4.53. The van der Waals surface area contributed by atoms with E-state index in [1.54, 1.807) is 0 Å². The number of benzene rings is 8. The average molecular weight is 603 g/mol. The largest absolute Gasteiger partial charge is 0.488 e. The van der Waals surface area contributed by atoms with E-state index in [1.165, 1.54) is 32.3 Å². The van der Waals surface area contributed by atoms with Crippen molar-refractivity contribution in [2.75, 3.05) is 13.2 Å². The molecule has 0 amide bonds. The minimum atomic E-state index is -0.413. The van der Waals surface area contributed by atoms with E-state index in [0.717, 1.165) is 43.4 Å². The van der Waals surface area contributed by atoms with Crippen molar-refractivity contribution in [3.8, 4) is 22.6 Å². The first-order chi connectivity index (χ1) is 22.6. The molecule has 226 valence electrons. The molecule has 4 heteroatoms. The Balaban J connectivity index is 1.51. The molecule has 0 radical (unpaired) electrons. The molecule has 2 atom stereocenters. The predicted octanol–water partition coefficient (Wildman–Crippen LogP) is 9.79. The molecule has 0 saturated carbocycles. The molecule has 0 aliphatic heterocycles. The van der Waals surface area contributed by atoms with Crippen molar-refractivity contribution in [1.82, 2.24) is 0 Å². The first-order valence-electron chi connectivity index (χ1n) is 15.9. The Bertz CT molecular complexity index is 2270. The van der Waals surface area contributed by atoms with Crippen LogP contribution in [0.25, 0.3) is 75.8 Å². The van der Waals surface area contributed by atoms with Gasteiger partial charge in [0.25, 0.3) is 0 Å². The molecule has 0 heterocycles. The third-order valence-electron chi connectivity index (χ3n) is 9.19. The molecule has 4 nitrogen and oxygen atoms in total. The van der Waals surface area contributed by atoms with E-state index < -0.39 is 12.2 Å². The van der Waals surface area contributed by atoms with Crippen LogP contribution in [-0.4, -0.2) is 35.6 Å². The number of aliphatic hydroxyl groups excluding tert-OH is 2. The van der Waals surface area contributed by atoms with Gasteiger partial charge >= 0.3 is 0 Å². The number of ether oxygens (including phenoxy) is 2. The number of hydrogen-bond acceptors (Lipinski definition) is 4. The monoisotopic (exact) mass is 602 g/mol. The van der Waals surface area contributed by atoms with Gasteiger partial charge in [0, 0.05) is 11.1 Å². The van der Waals surface area contributed by atoms with E-state index in [-0.39, 0.29) is 13.2 Å². The van der Waals surface area contributed by atoms with Crippen molar-refractivity contribution in [3.05, 3.63) is 121 Å². The number of aliphatic hydroxyl groups is 2. The fourth-order valence-electron chi connectivity index (χ4n) is 6.99.